The average Bonchev–Trinajstić information content (AvgIpc) is 2.70. The van der Waals surface area contributed by atoms with E-state index in [1.807, 2.05) is 11.3 Å². The summed E-state index contributed by atoms with van der Waals surface area (Å²) < 4.78 is 4.97. The van der Waals surface area contributed by atoms with Gasteiger partial charge in [-0.05, 0) is 49.4 Å². The van der Waals surface area contributed by atoms with E-state index in [9.17, 15) is 0 Å². The Morgan fingerprint density at radius 1 is 1.50 bits per heavy atom. The smallest absolute Gasteiger partial charge is 0.0587 e. The molecule has 0 unspecified atom stereocenters. The first-order valence-corrected chi connectivity index (χ1v) is 6.54. The average molecular weight is 239 g/mol. The molecule has 0 bridgehead atoms. The first kappa shape index (κ1) is 13.4. The van der Waals surface area contributed by atoms with E-state index in [0.717, 1.165) is 26.1 Å². The molecule has 3 heteroatoms. The number of methoxy groups -OCH3 is 1. The van der Waals surface area contributed by atoms with E-state index in [2.05, 4.69) is 36.7 Å². The van der Waals surface area contributed by atoms with Crippen LogP contribution in [0.15, 0.2) is 17.5 Å². The number of allylic oxidation sites excluding steroid dienone is 1. The Morgan fingerprint density at radius 2 is 2.31 bits per heavy atom. The van der Waals surface area contributed by atoms with Crippen molar-refractivity contribution in [3.8, 4) is 0 Å². The SMILES string of the molecule is COCCNCCC=C(C)c1csc(C)c1. The number of ether oxygens (including phenoxy) is 1. The van der Waals surface area contributed by atoms with E-state index < -0.39 is 0 Å². The highest BCUT2D eigenvalue weighted by atomic mass is 32.1. The van der Waals surface area contributed by atoms with Crippen molar-refractivity contribution < 1.29 is 4.74 Å². The minimum Gasteiger partial charge on any atom is -0.383 e. The van der Waals surface area contributed by atoms with Crippen LogP contribution in [0.5, 0.6) is 0 Å². The van der Waals surface area contributed by atoms with Crippen molar-refractivity contribution in [3.05, 3.63) is 28.0 Å². The molecule has 1 aromatic rings. The molecule has 0 spiro atoms. The van der Waals surface area contributed by atoms with Crippen LogP contribution in [0.2, 0.25) is 0 Å². The second-order valence-electron chi connectivity index (χ2n) is 3.86. The molecule has 0 fully saturated rings. The summed E-state index contributed by atoms with van der Waals surface area (Å²) in [5.74, 6) is 0. The molecule has 0 saturated heterocycles. The van der Waals surface area contributed by atoms with Gasteiger partial charge in [0.1, 0.15) is 0 Å². The van der Waals surface area contributed by atoms with Crippen molar-refractivity contribution in [2.24, 2.45) is 0 Å². The molecule has 0 saturated carbocycles. The molecule has 16 heavy (non-hydrogen) atoms. The fourth-order valence-electron chi connectivity index (χ4n) is 1.46. The second-order valence-corrected chi connectivity index (χ2v) is 4.98. The van der Waals surface area contributed by atoms with Crippen LogP contribution in [-0.4, -0.2) is 26.8 Å². The van der Waals surface area contributed by atoms with Gasteiger partial charge in [-0.1, -0.05) is 6.08 Å². The van der Waals surface area contributed by atoms with E-state index in [0.29, 0.717) is 0 Å². The molecule has 1 heterocycles. The molecule has 0 aromatic carbocycles. The van der Waals surface area contributed by atoms with Crippen molar-refractivity contribution in [1.29, 1.82) is 0 Å². The Kier molecular flexibility index (Phi) is 6.38. The van der Waals surface area contributed by atoms with Gasteiger partial charge >= 0.3 is 0 Å². The molecule has 1 aromatic heterocycles. The summed E-state index contributed by atoms with van der Waals surface area (Å²) in [5, 5.41) is 5.55. The lowest BCUT2D eigenvalue weighted by Crippen LogP contribution is -2.19. The normalized spacial score (nSPS) is 12.1. The lowest BCUT2D eigenvalue weighted by atomic mass is 10.1. The zero-order valence-corrected chi connectivity index (χ0v) is 11.2. The molecule has 0 aliphatic rings. The van der Waals surface area contributed by atoms with Crippen molar-refractivity contribution in [2.75, 3.05) is 26.8 Å². The number of nitrogens with one attached hydrogen (secondary N) is 1. The minimum absolute atomic E-state index is 0.784. The Morgan fingerprint density at radius 3 is 2.94 bits per heavy atom. The van der Waals surface area contributed by atoms with Crippen LogP contribution in [0, 0.1) is 6.92 Å². The topological polar surface area (TPSA) is 21.3 Å². The first-order chi connectivity index (χ1) is 7.74. The van der Waals surface area contributed by atoms with Gasteiger partial charge in [0.2, 0.25) is 0 Å². The van der Waals surface area contributed by atoms with Crippen LogP contribution in [0.3, 0.4) is 0 Å². The van der Waals surface area contributed by atoms with Gasteiger partial charge in [0.25, 0.3) is 0 Å². The number of hydrogen-bond donors (Lipinski definition) is 1. The quantitative estimate of drug-likeness (QED) is 0.738. The van der Waals surface area contributed by atoms with Crippen LogP contribution < -0.4 is 5.32 Å². The predicted molar refractivity (Wildman–Crippen MR) is 72.1 cm³/mol. The summed E-state index contributed by atoms with van der Waals surface area (Å²) in [6, 6.07) is 2.24. The summed E-state index contributed by atoms with van der Waals surface area (Å²) in [6.07, 6.45) is 3.37. The van der Waals surface area contributed by atoms with Gasteiger partial charge in [-0.25, -0.2) is 0 Å². The maximum absolute atomic E-state index is 4.97. The molecule has 0 amide bonds. The number of aryl methyl sites for hydroxylation is 1. The summed E-state index contributed by atoms with van der Waals surface area (Å²) in [6.45, 7) is 7.06. The fraction of sp³-hybridized carbons (Fsp3) is 0.538. The largest absolute Gasteiger partial charge is 0.383 e. The number of rotatable bonds is 7. The molecule has 90 valence electrons. The maximum Gasteiger partial charge on any atom is 0.0587 e. The standard InChI is InChI=1S/C13H21NOS/c1-11(13-9-12(2)16-10-13)5-4-6-14-7-8-15-3/h5,9-10,14H,4,6-8H2,1-3H3. The lowest BCUT2D eigenvalue weighted by Gasteiger charge is -2.02. The van der Waals surface area contributed by atoms with Gasteiger partial charge in [0.15, 0.2) is 0 Å². The van der Waals surface area contributed by atoms with Crippen LogP contribution >= 0.6 is 11.3 Å². The lowest BCUT2D eigenvalue weighted by molar-refractivity contribution is 0.199. The van der Waals surface area contributed by atoms with Gasteiger partial charge in [0.05, 0.1) is 6.61 Å². The fourth-order valence-corrected chi connectivity index (χ4v) is 2.22. The zero-order valence-electron chi connectivity index (χ0n) is 10.4. The first-order valence-electron chi connectivity index (χ1n) is 5.66. The van der Waals surface area contributed by atoms with E-state index in [4.69, 9.17) is 4.74 Å². The minimum atomic E-state index is 0.784. The van der Waals surface area contributed by atoms with Crippen molar-refractivity contribution in [2.45, 2.75) is 20.3 Å². The van der Waals surface area contributed by atoms with Crippen molar-refractivity contribution >= 4 is 16.9 Å². The molecule has 0 radical (unpaired) electrons. The molecule has 1 N–H and O–H groups in total. The Hall–Kier alpha value is -0.640. The summed E-state index contributed by atoms with van der Waals surface area (Å²) in [7, 11) is 1.73. The molecule has 1 rings (SSSR count). The van der Waals surface area contributed by atoms with E-state index in [1.54, 1.807) is 7.11 Å². The Bertz CT molecular complexity index is 330. The van der Waals surface area contributed by atoms with Crippen LogP contribution in [0.4, 0.5) is 0 Å². The maximum atomic E-state index is 4.97. The molecular weight excluding hydrogens is 218 g/mol. The third kappa shape index (κ3) is 4.92. The van der Waals surface area contributed by atoms with Gasteiger partial charge < -0.3 is 10.1 Å². The third-order valence-corrected chi connectivity index (χ3v) is 3.30. The summed E-state index contributed by atoms with van der Waals surface area (Å²) in [5.41, 5.74) is 2.73. The van der Waals surface area contributed by atoms with Gasteiger partial charge in [0, 0.05) is 18.5 Å². The highest BCUT2D eigenvalue weighted by Crippen LogP contribution is 2.20. The monoisotopic (exact) mass is 239 g/mol. The summed E-state index contributed by atoms with van der Waals surface area (Å²) >= 11 is 1.81. The highest BCUT2D eigenvalue weighted by Gasteiger charge is 1.97. The van der Waals surface area contributed by atoms with Gasteiger partial charge in [-0.15, -0.1) is 11.3 Å². The van der Waals surface area contributed by atoms with Crippen molar-refractivity contribution in [1.82, 2.24) is 5.32 Å². The zero-order chi connectivity index (χ0) is 11.8. The molecule has 2 nitrogen and oxygen atoms in total. The van der Waals surface area contributed by atoms with Crippen LogP contribution in [0.1, 0.15) is 23.8 Å². The van der Waals surface area contributed by atoms with Gasteiger partial charge in [-0.2, -0.15) is 0 Å². The molecular formula is C13H21NOS. The van der Waals surface area contributed by atoms with E-state index in [1.165, 1.54) is 16.0 Å². The highest BCUT2D eigenvalue weighted by molar-refractivity contribution is 7.10. The molecule has 0 atom stereocenters. The van der Waals surface area contributed by atoms with Gasteiger partial charge in [-0.3, -0.25) is 0 Å². The van der Waals surface area contributed by atoms with E-state index >= 15 is 0 Å². The number of thiophene rings is 1. The second kappa shape index (κ2) is 7.60. The molecule has 0 aliphatic heterocycles. The van der Waals surface area contributed by atoms with Crippen molar-refractivity contribution in [3.63, 3.8) is 0 Å². The Labute approximate surface area is 102 Å². The predicted octanol–water partition coefficient (Wildman–Crippen LogP) is 3.09. The number of hydrogen-bond acceptors (Lipinski definition) is 3. The van der Waals surface area contributed by atoms with Crippen LogP contribution in [-0.2, 0) is 4.74 Å². The third-order valence-electron chi connectivity index (χ3n) is 2.44. The van der Waals surface area contributed by atoms with E-state index in [-0.39, 0.29) is 0 Å². The molecule has 0 aliphatic carbocycles. The van der Waals surface area contributed by atoms with Crippen LogP contribution in [0.25, 0.3) is 5.57 Å². The Balaban J connectivity index is 2.24. The summed E-state index contributed by atoms with van der Waals surface area (Å²) in [4.78, 5) is 1.38.